The number of rotatable bonds is 7. The summed E-state index contributed by atoms with van der Waals surface area (Å²) < 4.78 is 0. The molecule has 0 atom stereocenters. The maximum Gasteiger partial charge on any atom is 0.274 e. The number of amides is 2. The molecule has 8 heteroatoms. The topological polar surface area (TPSA) is 81.7 Å². The molecule has 154 valence electrons. The Morgan fingerprint density at radius 1 is 1.10 bits per heavy atom. The number of piperazine rings is 1. The van der Waals surface area contributed by atoms with Crippen LogP contribution in [0.15, 0.2) is 30.3 Å². The molecule has 1 aliphatic heterocycles. The van der Waals surface area contributed by atoms with Gasteiger partial charge in [-0.1, -0.05) is 0 Å². The average molecular weight is 396 g/mol. The molecule has 1 aromatic carbocycles. The monoisotopic (exact) mass is 396 g/mol. The van der Waals surface area contributed by atoms with Crippen LogP contribution in [0.25, 0.3) is 0 Å². The van der Waals surface area contributed by atoms with E-state index in [9.17, 15) is 9.59 Å². The molecule has 0 spiro atoms. The van der Waals surface area contributed by atoms with E-state index in [-0.39, 0.29) is 5.91 Å². The van der Waals surface area contributed by atoms with Crippen molar-refractivity contribution in [1.82, 2.24) is 14.9 Å². The van der Waals surface area contributed by atoms with Crippen LogP contribution >= 0.6 is 0 Å². The first-order valence-electron chi connectivity index (χ1n) is 10.00. The fourth-order valence-corrected chi connectivity index (χ4v) is 3.38. The molecular formula is C21H28N6O2. The predicted molar refractivity (Wildman–Crippen MR) is 115 cm³/mol. The first-order chi connectivity index (χ1) is 14.0. The van der Waals surface area contributed by atoms with E-state index in [1.54, 1.807) is 11.0 Å². The molecule has 1 aromatic heterocycles. The van der Waals surface area contributed by atoms with Crippen LogP contribution in [0.3, 0.4) is 0 Å². The van der Waals surface area contributed by atoms with E-state index in [1.807, 2.05) is 36.1 Å². The number of nitrogens with zero attached hydrogens (tertiary/aromatic N) is 5. The SMILES string of the molecule is CCN(CC)c1ccc(NC(=O)c2cc(C)nc(N3CCN(C=O)CC3)n2)cc1. The number of anilines is 3. The lowest BCUT2D eigenvalue weighted by molar-refractivity contribution is -0.118. The minimum atomic E-state index is -0.265. The number of benzene rings is 1. The van der Waals surface area contributed by atoms with E-state index >= 15 is 0 Å². The van der Waals surface area contributed by atoms with E-state index in [4.69, 9.17) is 0 Å². The number of hydrogen-bond acceptors (Lipinski definition) is 6. The zero-order valence-corrected chi connectivity index (χ0v) is 17.3. The molecule has 1 N–H and O–H groups in total. The number of nitrogens with one attached hydrogen (secondary N) is 1. The highest BCUT2D eigenvalue weighted by Crippen LogP contribution is 2.19. The van der Waals surface area contributed by atoms with Gasteiger partial charge in [0.1, 0.15) is 5.69 Å². The molecule has 1 fully saturated rings. The molecule has 0 aliphatic carbocycles. The normalized spacial score (nSPS) is 13.9. The van der Waals surface area contributed by atoms with E-state index in [2.05, 4.69) is 34.0 Å². The van der Waals surface area contributed by atoms with Crippen molar-refractivity contribution in [3.8, 4) is 0 Å². The Labute approximate surface area is 171 Å². The highest BCUT2D eigenvalue weighted by atomic mass is 16.2. The van der Waals surface area contributed by atoms with Crippen LogP contribution in [-0.2, 0) is 4.79 Å². The minimum Gasteiger partial charge on any atom is -0.372 e. The lowest BCUT2D eigenvalue weighted by Crippen LogP contribution is -2.46. The van der Waals surface area contributed by atoms with Crippen LogP contribution in [0.2, 0.25) is 0 Å². The van der Waals surface area contributed by atoms with Crippen LogP contribution in [0, 0.1) is 6.92 Å². The van der Waals surface area contributed by atoms with E-state index in [0.717, 1.165) is 36.6 Å². The lowest BCUT2D eigenvalue weighted by atomic mass is 10.2. The third-order valence-corrected chi connectivity index (χ3v) is 5.07. The van der Waals surface area contributed by atoms with Crippen molar-refractivity contribution in [3.05, 3.63) is 41.7 Å². The number of carbonyl (C=O) groups excluding carboxylic acids is 2. The summed E-state index contributed by atoms with van der Waals surface area (Å²) in [6.45, 7) is 10.5. The molecular weight excluding hydrogens is 368 g/mol. The maximum absolute atomic E-state index is 12.7. The minimum absolute atomic E-state index is 0.265. The van der Waals surface area contributed by atoms with Gasteiger partial charge in [0.25, 0.3) is 5.91 Å². The Morgan fingerprint density at radius 3 is 2.34 bits per heavy atom. The van der Waals surface area contributed by atoms with Crippen molar-refractivity contribution < 1.29 is 9.59 Å². The van der Waals surface area contributed by atoms with Crippen LogP contribution in [-0.4, -0.2) is 66.5 Å². The zero-order valence-electron chi connectivity index (χ0n) is 17.3. The maximum atomic E-state index is 12.7. The van der Waals surface area contributed by atoms with Crippen LogP contribution in [0.5, 0.6) is 0 Å². The molecule has 8 nitrogen and oxygen atoms in total. The lowest BCUT2D eigenvalue weighted by Gasteiger charge is -2.32. The zero-order chi connectivity index (χ0) is 20.8. The Kier molecular flexibility index (Phi) is 6.64. The summed E-state index contributed by atoms with van der Waals surface area (Å²) in [5.41, 5.74) is 2.92. The van der Waals surface area contributed by atoms with Gasteiger partial charge in [-0.3, -0.25) is 9.59 Å². The highest BCUT2D eigenvalue weighted by Gasteiger charge is 2.20. The van der Waals surface area contributed by atoms with Gasteiger partial charge in [-0.25, -0.2) is 9.97 Å². The Morgan fingerprint density at radius 2 is 1.76 bits per heavy atom. The molecule has 29 heavy (non-hydrogen) atoms. The second-order valence-corrected chi connectivity index (χ2v) is 7.00. The molecule has 1 saturated heterocycles. The first-order valence-corrected chi connectivity index (χ1v) is 10.00. The average Bonchev–Trinajstić information content (AvgIpc) is 2.75. The summed E-state index contributed by atoms with van der Waals surface area (Å²) in [5, 5.41) is 2.91. The summed E-state index contributed by atoms with van der Waals surface area (Å²) in [6, 6.07) is 9.50. The van der Waals surface area contributed by atoms with E-state index < -0.39 is 0 Å². The van der Waals surface area contributed by atoms with Crippen molar-refractivity contribution >= 4 is 29.6 Å². The van der Waals surface area contributed by atoms with Crippen molar-refractivity contribution in [2.45, 2.75) is 20.8 Å². The smallest absolute Gasteiger partial charge is 0.274 e. The molecule has 3 rings (SSSR count). The van der Waals surface area contributed by atoms with Crippen LogP contribution in [0.4, 0.5) is 17.3 Å². The summed E-state index contributed by atoms with van der Waals surface area (Å²) in [6.07, 6.45) is 0.860. The van der Waals surface area contributed by atoms with Gasteiger partial charge in [0.05, 0.1) is 0 Å². The first kappa shape index (κ1) is 20.6. The van der Waals surface area contributed by atoms with Gasteiger partial charge < -0.3 is 20.0 Å². The fourth-order valence-electron chi connectivity index (χ4n) is 3.38. The van der Waals surface area contributed by atoms with Crippen LogP contribution in [0.1, 0.15) is 30.0 Å². The molecule has 2 amide bonds. The van der Waals surface area contributed by atoms with Gasteiger partial charge in [0, 0.05) is 56.3 Å². The Bertz CT molecular complexity index is 843. The fraction of sp³-hybridized carbons (Fsp3) is 0.429. The van der Waals surface area contributed by atoms with Crippen molar-refractivity contribution in [1.29, 1.82) is 0 Å². The predicted octanol–water partition coefficient (Wildman–Crippen LogP) is 2.16. The largest absolute Gasteiger partial charge is 0.372 e. The number of hydrogen-bond donors (Lipinski definition) is 1. The van der Waals surface area contributed by atoms with Crippen LogP contribution < -0.4 is 15.1 Å². The second kappa shape index (κ2) is 9.36. The number of carbonyl (C=O) groups is 2. The Hall–Kier alpha value is -3.16. The van der Waals surface area contributed by atoms with Gasteiger partial charge in [-0.15, -0.1) is 0 Å². The molecule has 2 aromatic rings. The summed E-state index contributed by atoms with van der Waals surface area (Å²) in [5.74, 6) is 0.261. The van der Waals surface area contributed by atoms with E-state index in [1.165, 1.54) is 0 Å². The van der Waals surface area contributed by atoms with Gasteiger partial charge in [-0.2, -0.15) is 0 Å². The molecule has 0 radical (unpaired) electrons. The molecule has 1 aliphatic rings. The molecule has 2 heterocycles. The Balaban J connectivity index is 1.71. The van der Waals surface area contributed by atoms with Crippen molar-refractivity contribution in [3.63, 3.8) is 0 Å². The summed E-state index contributed by atoms with van der Waals surface area (Å²) in [4.78, 5) is 38.5. The van der Waals surface area contributed by atoms with Gasteiger partial charge in [0.2, 0.25) is 12.4 Å². The van der Waals surface area contributed by atoms with Gasteiger partial charge in [-0.05, 0) is 51.1 Å². The second-order valence-electron chi connectivity index (χ2n) is 7.00. The summed E-state index contributed by atoms with van der Waals surface area (Å²) in [7, 11) is 0. The number of aryl methyl sites for hydroxylation is 1. The molecule has 0 unspecified atom stereocenters. The van der Waals surface area contributed by atoms with E-state index in [0.29, 0.717) is 37.8 Å². The van der Waals surface area contributed by atoms with Crippen molar-refractivity contribution in [2.75, 3.05) is 54.4 Å². The number of aromatic nitrogens is 2. The third-order valence-electron chi connectivity index (χ3n) is 5.07. The summed E-state index contributed by atoms with van der Waals surface area (Å²) >= 11 is 0. The molecule has 0 saturated carbocycles. The van der Waals surface area contributed by atoms with Gasteiger partial charge >= 0.3 is 0 Å². The quantitative estimate of drug-likeness (QED) is 0.723. The van der Waals surface area contributed by atoms with Gasteiger partial charge in [0.15, 0.2) is 0 Å². The highest BCUT2D eigenvalue weighted by molar-refractivity contribution is 6.03. The standard InChI is InChI=1S/C21H28N6O2/c1-4-26(5-2)18-8-6-17(7-9-18)23-20(29)19-14-16(3)22-21(24-19)27-12-10-25(15-28)11-13-27/h6-9,14-15H,4-5,10-13H2,1-3H3,(H,23,29). The third kappa shape index (κ3) is 5.01. The molecule has 0 bridgehead atoms. The van der Waals surface area contributed by atoms with Crippen molar-refractivity contribution in [2.24, 2.45) is 0 Å².